The van der Waals surface area contributed by atoms with E-state index in [2.05, 4.69) is 0 Å². The van der Waals surface area contributed by atoms with Gasteiger partial charge in [0.15, 0.2) is 6.61 Å². The number of aliphatic carboxylic acids is 1. The second kappa shape index (κ2) is 4.17. The smallest absolute Gasteiger partial charge is 0.329 e. The van der Waals surface area contributed by atoms with Crippen molar-refractivity contribution in [2.45, 2.75) is 19.4 Å². The number of anilines is 1. The zero-order chi connectivity index (χ0) is 13.5. The molecule has 1 aliphatic heterocycles. The molecule has 0 saturated heterocycles. The first kappa shape index (κ1) is 12.7. The van der Waals surface area contributed by atoms with Crippen molar-refractivity contribution >= 4 is 29.2 Å². The van der Waals surface area contributed by atoms with Crippen molar-refractivity contribution in [3.8, 4) is 5.75 Å². The zero-order valence-corrected chi connectivity index (χ0v) is 10.7. The Kier molecular flexibility index (Phi) is 2.94. The minimum absolute atomic E-state index is 0.175. The lowest BCUT2D eigenvalue weighted by Crippen LogP contribution is -2.56. The monoisotopic (exact) mass is 269 g/mol. The number of amides is 1. The second-order valence-corrected chi connectivity index (χ2v) is 4.93. The van der Waals surface area contributed by atoms with Crippen molar-refractivity contribution in [3.05, 3.63) is 23.2 Å². The lowest BCUT2D eigenvalue weighted by Gasteiger charge is -2.38. The van der Waals surface area contributed by atoms with Crippen LogP contribution in [0.3, 0.4) is 0 Å². The van der Waals surface area contributed by atoms with Crippen LogP contribution in [0.25, 0.3) is 0 Å². The van der Waals surface area contributed by atoms with Gasteiger partial charge in [0.25, 0.3) is 5.91 Å². The van der Waals surface area contributed by atoms with Crippen LogP contribution in [0.4, 0.5) is 5.69 Å². The van der Waals surface area contributed by atoms with Crippen molar-refractivity contribution in [2.75, 3.05) is 11.5 Å². The van der Waals surface area contributed by atoms with Gasteiger partial charge < -0.3 is 9.84 Å². The van der Waals surface area contributed by atoms with E-state index in [-0.39, 0.29) is 6.61 Å². The Balaban J connectivity index is 2.58. The van der Waals surface area contributed by atoms with Crippen LogP contribution < -0.4 is 9.64 Å². The molecular formula is C12H12ClNO4. The normalized spacial score (nSPS) is 15.1. The highest BCUT2D eigenvalue weighted by Crippen LogP contribution is 2.38. The molecule has 0 radical (unpaired) electrons. The van der Waals surface area contributed by atoms with Crippen molar-refractivity contribution < 1.29 is 19.4 Å². The highest BCUT2D eigenvalue weighted by Gasteiger charge is 2.42. The predicted octanol–water partition coefficient (Wildman–Crippen LogP) is 1.93. The molecule has 1 heterocycles. The summed E-state index contributed by atoms with van der Waals surface area (Å²) >= 11 is 5.88. The molecule has 1 amide bonds. The van der Waals surface area contributed by atoms with Gasteiger partial charge in [-0.3, -0.25) is 9.69 Å². The van der Waals surface area contributed by atoms with Crippen molar-refractivity contribution in [1.29, 1.82) is 0 Å². The fourth-order valence-corrected chi connectivity index (χ4v) is 2.00. The number of benzene rings is 1. The molecule has 96 valence electrons. The van der Waals surface area contributed by atoms with E-state index in [0.29, 0.717) is 16.5 Å². The van der Waals surface area contributed by atoms with E-state index < -0.39 is 17.4 Å². The molecule has 5 nitrogen and oxygen atoms in total. The molecule has 1 aliphatic rings. The summed E-state index contributed by atoms with van der Waals surface area (Å²) < 4.78 is 5.25. The highest BCUT2D eigenvalue weighted by atomic mass is 35.5. The maximum atomic E-state index is 11.9. The van der Waals surface area contributed by atoms with Gasteiger partial charge in [0.05, 0.1) is 5.69 Å². The van der Waals surface area contributed by atoms with Crippen molar-refractivity contribution in [3.63, 3.8) is 0 Å². The summed E-state index contributed by atoms with van der Waals surface area (Å²) in [5.41, 5.74) is -0.980. The number of carbonyl (C=O) groups excluding carboxylic acids is 1. The maximum Gasteiger partial charge on any atom is 0.329 e. The Hall–Kier alpha value is -1.75. The van der Waals surface area contributed by atoms with Crippen LogP contribution in [0.1, 0.15) is 13.8 Å². The van der Waals surface area contributed by atoms with E-state index >= 15 is 0 Å². The lowest BCUT2D eigenvalue weighted by atomic mass is 10.0. The van der Waals surface area contributed by atoms with Crippen LogP contribution in [-0.4, -0.2) is 29.1 Å². The largest absolute Gasteiger partial charge is 0.482 e. The third-order valence-electron chi connectivity index (χ3n) is 2.84. The number of carboxylic acid groups (broad SMARTS) is 1. The fraction of sp³-hybridized carbons (Fsp3) is 0.333. The average Bonchev–Trinajstić information content (AvgIpc) is 2.27. The van der Waals surface area contributed by atoms with E-state index in [1.807, 2.05) is 0 Å². The lowest BCUT2D eigenvalue weighted by molar-refractivity contribution is -0.144. The molecule has 0 spiro atoms. The first-order valence-corrected chi connectivity index (χ1v) is 5.70. The Morgan fingerprint density at radius 3 is 2.78 bits per heavy atom. The average molecular weight is 270 g/mol. The molecule has 6 heteroatoms. The number of halogens is 1. The summed E-state index contributed by atoms with van der Waals surface area (Å²) in [6.07, 6.45) is 0. The summed E-state index contributed by atoms with van der Waals surface area (Å²) in [6, 6.07) is 4.77. The van der Waals surface area contributed by atoms with Crippen LogP contribution in [0.5, 0.6) is 5.75 Å². The Bertz CT molecular complexity index is 527. The van der Waals surface area contributed by atoms with Gasteiger partial charge >= 0.3 is 5.97 Å². The van der Waals surface area contributed by atoms with Crippen LogP contribution in [-0.2, 0) is 9.59 Å². The summed E-state index contributed by atoms with van der Waals surface area (Å²) in [5.74, 6) is -1.05. The first-order chi connectivity index (χ1) is 8.34. The van der Waals surface area contributed by atoms with Gasteiger partial charge in [-0.2, -0.15) is 0 Å². The summed E-state index contributed by atoms with van der Waals surface area (Å²) in [5, 5.41) is 9.65. The Morgan fingerprint density at radius 1 is 1.50 bits per heavy atom. The number of fused-ring (bicyclic) bond motifs is 1. The number of hydrogen-bond acceptors (Lipinski definition) is 3. The Labute approximate surface area is 109 Å². The molecule has 1 N–H and O–H groups in total. The van der Waals surface area contributed by atoms with E-state index in [9.17, 15) is 14.7 Å². The molecule has 2 rings (SSSR count). The molecule has 0 aromatic heterocycles. The summed E-state index contributed by atoms with van der Waals surface area (Å²) in [7, 11) is 0. The van der Waals surface area contributed by atoms with Crippen molar-refractivity contribution in [1.82, 2.24) is 0 Å². The number of carboxylic acids is 1. The third-order valence-corrected chi connectivity index (χ3v) is 3.08. The van der Waals surface area contributed by atoms with Crippen LogP contribution in [0, 0.1) is 0 Å². The second-order valence-electron chi connectivity index (χ2n) is 4.49. The number of rotatable bonds is 2. The number of nitrogens with zero attached hydrogens (tertiary/aromatic N) is 1. The third kappa shape index (κ3) is 1.90. The van der Waals surface area contributed by atoms with Gasteiger partial charge in [-0.05, 0) is 32.0 Å². The molecule has 0 bridgehead atoms. The van der Waals surface area contributed by atoms with E-state index in [0.717, 1.165) is 0 Å². The molecule has 0 unspecified atom stereocenters. The molecule has 1 aromatic rings. The molecule has 0 aliphatic carbocycles. The van der Waals surface area contributed by atoms with Gasteiger partial charge in [-0.15, -0.1) is 0 Å². The van der Waals surface area contributed by atoms with Crippen LogP contribution >= 0.6 is 11.6 Å². The maximum absolute atomic E-state index is 11.9. The topological polar surface area (TPSA) is 66.8 Å². The number of hydrogen-bond donors (Lipinski definition) is 1. The summed E-state index contributed by atoms with van der Waals surface area (Å²) in [6.45, 7) is 2.75. The van der Waals surface area contributed by atoms with Gasteiger partial charge in [0, 0.05) is 5.02 Å². The minimum Gasteiger partial charge on any atom is -0.482 e. The SMILES string of the molecule is CC(C)(C(=O)O)N1C(=O)COc2ccc(Cl)cc21. The number of ether oxygens (including phenoxy) is 1. The first-order valence-electron chi connectivity index (χ1n) is 5.33. The highest BCUT2D eigenvalue weighted by molar-refractivity contribution is 6.31. The van der Waals surface area contributed by atoms with Crippen LogP contribution in [0.15, 0.2) is 18.2 Å². The van der Waals surface area contributed by atoms with Gasteiger partial charge in [-0.25, -0.2) is 4.79 Å². The van der Waals surface area contributed by atoms with E-state index in [4.69, 9.17) is 16.3 Å². The van der Waals surface area contributed by atoms with E-state index in [1.165, 1.54) is 24.8 Å². The molecular weight excluding hydrogens is 258 g/mol. The fourth-order valence-electron chi connectivity index (χ4n) is 1.83. The zero-order valence-electron chi connectivity index (χ0n) is 9.94. The molecule has 0 atom stereocenters. The number of carbonyl (C=O) groups is 2. The minimum atomic E-state index is -1.36. The van der Waals surface area contributed by atoms with Gasteiger partial charge in [-0.1, -0.05) is 11.6 Å². The predicted molar refractivity (Wildman–Crippen MR) is 66.1 cm³/mol. The Morgan fingerprint density at radius 2 is 2.17 bits per heavy atom. The molecule has 18 heavy (non-hydrogen) atoms. The van der Waals surface area contributed by atoms with Crippen molar-refractivity contribution in [2.24, 2.45) is 0 Å². The molecule has 0 saturated carbocycles. The summed E-state index contributed by atoms with van der Waals surface area (Å²) in [4.78, 5) is 24.4. The van der Waals surface area contributed by atoms with Gasteiger partial charge in [0.1, 0.15) is 11.3 Å². The van der Waals surface area contributed by atoms with Crippen LogP contribution in [0.2, 0.25) is 5.02 Å². The van der Waals surface area contributed by atoms with Gasteiger partial charge in [0.2, 0.25) is 0 Å². The molecule has 0 fully saturated rings. The quantitative estimate of drug-likeness (QED) is 0.891. The molecule has 1 aromatic carbocycles. The standard InChI is InChI=1S/C12H12ClNO4/c1-12(2,11(16)17)14-8-5-7(13)3-4-9(8)18-6-10(14)15/h3-5H,6H2,1-2H3,(H,16,17). The van der Waals surface area contributed by atoms with E-state index in [1.54, 1.807) is 12.1 Å².